The summed E-state index contributed by atoms with van der Waals surface area (Å²) in [6.07, 6.45) is 1.91. The lowest BCUT2D eigenvalue weighted by Crippen LogP contribution is -2.41. The lowest BCUT2D eigenvalue weighted by Gasteiger charge is -2.30. The molecule has 162 valence electrons. The number of benzene rings is 1. The fourth-order valence-electron chi connectivity index (χ4n) is 3.19. The molecule has 2 N–H and O–H groups in total. The average Bonchev–Trinajstić information content (AvgIpc) is 2.65. The molecule has 0 spiro atoms. The number of aliphatic imine (C=N–C) groups is 1. The molecule has 0 saturated heterocycles. The molecule has 0 fully saturated rings. The van der Waals surface area contributed by atoms with Gasteiger partial charge in [0.25, 0.3) is 0 Å². The van der Waals surface area contributed by atoms with E-state index in [1.54, 1.807) is 21.3 Å². The van der Waals surface area contributed by atoms with Gasteiger partial charge >= 0.3 is 0 Å². The molecule has 0 unspecified atom stereocenters. The number of nitrogens with zero attached hydrogens (tertiary/aromatic N) is 2. The van der Waals surface area contributed by atoms with Crippen LogP contribution < -0.4 is 20.1 Å². The summed E-state index contributed by atoms with van der Waals surface area (Å²) in [6.45, 7) is 11.8. The summed E-state index contributed by atoms with van der Waals surface area (Å²) in [7, 11) is 5.17. The number of guanidine groups is 1. The van der Waals surface area contributed by atoms with Gasteiger partial charge in [0.2, 0.25) is 0 Å². The Bertz CT molecular complexity index is 572. The first-order valence-electron chi connectivity index (χ1n) is 9.84. The number of methoxy groups -OCH3 is 2. The van der Waals surface area contributed by atoms with Crippen LogP contribution >= 0.6 is 24.0 Å². The third-order valence-corrected chi connectivity index (χ3v) is 4.61. The summed E-state index contributed by atoms with van der Waals surface area (Å²) in [5, 5.41) is 6.77. The summed E-state index contributed by atoms with van der Waals surface area (Å²) in [5.74, 6) is 2.55. The van der Waals surface area contributed by atoms with Gasteiger partial charge in [-0.15, -0.1) is 24.0 Å². The molecule has 0 bridgehead atoms. The number of hydrogen-bond donors (Lipinski definition) is 2. The van der Waals surface area contributed by atoms with Gasteiger partial charge in [0, 0.05) is 38.8 Å². The van der Waals surface area contributed by atoms with Crippen molar-refractivity contribution in [2.24, 2.45) is 4.99 Å². The normalized spacial score (nSPS) is 11.6. The average molecular weight is 506 g/mol. The van der Waals surface area contributed by atoms with E-state index in [2.05, 4.69) is 48.2 Å². The summed E-state index contributed by atoms with van der Waals surface area (Å²) in [5.41, 5.74) is 1.12. The first-order chi connectivity index (χ1) is 12.9. The molecule has 0 radical (unpaired) electrons. The summed E-state index contributed by atoms with van der Waals surface area (Å²) < 4.78 is 10.7. The van der Waals surface area contributed by atoms with E-state index in [1.807, 2.05) is 18.2 Å². The predicted molar refractivity (Wildman–Crippen MR) is 130 cm³/mol. The molecular weight excluding hydrogens is 467 g/mol. The van der Waals surface area contributed by atoms with Gasteiger partial charge in [-0.25, -0.2) is 0 Å². The van der Waals surface area contributed by atoms with Crippen LogP contribution in [0.2, 0.25) is 0 Å². The van der Waals surface area contributed by atoms with Crippen molar-refractivity contribution in [1.29, 1.82) is 0 Å². The quantitative estimate of drug-likeness (QED) is 0.208. The van der Waals surface area contributed by atoms with Crippen LogP contribution in [0.25, 0.3) is 0 Å². The molecule has 0 amide bonds. The van der Waals surface area contributed by atoms with Crippen LogP contribution in [0.3, 0.4) is 0 Å². The third kappa shape index (κ3) is 9.32. The Morgan fingerprint density at radius 1 is 1.04 bits per heavy atom. The van der Waals surface area contributed by atoms with Crippen LogP contribution in [-0.2, 0) is 6.42 Å². The Kier molecular flexibility index (Phi) is 14.1. The fourth-order valence-corrected chi connectivity index (χ4v) is 3.19. The zero-order chi connectivity index (χ0) is 20.2. The highest BCUT2D eigenvalue weighted by molar-refractivity contribution is 14.0. The van der Waals surface area contributed by atoms with Crippen molar-refractivity contribution >= 4 is 29.9 Å². The molecule has 28 heavy (non-hydrogen) atoms. The smallest absolute Gasteiger partial charge is 0.190 e. The lowest BCUT2D eigenvalue weighted by molar-refractivity contribution is 0.173. The Balaban J connectivity index is 0.00000729. The molecule has 1 aromatic carbocycles. The number of ether oxygens (including phenoxy) is 2. The van der Waals surface area contributed by atoms with E-state index >= 15 is 0 Å². The van der Waals surface area contributed by atoms with E-state index in [0.29, 0.717) is 12.1 Å². The maximum Gasteiger partial charge on any atom is 0.190 e. The van der Waals surface area contributed by atoms with Gasteiger partial charge in [-0.1, -0.05) is 0 Å². The van der Waals surface area contributed by atoms with Crippen LogP contribution in [0.4, 0.5) is 0 Å². The van der Waals surface area contributed by atoms with Crippen LogP contribution in [-0.4, -0.2) is 63.8 Å². The van der Waals surface area contributed by atoms with E-state index < -0.39 is 0 Å². The molecule has 1 aromatic rings. The monoisotopic (exact) mass is 506 g/mol. The fraction of sp³-hybridized carbons (Fsp3) is 0.667. The second-order valence-electron chi connectivity index (χ2n) is 7.13. The van der Waals surface area contributed by atoms with Crippen molar-refractivity contribution in [3.05, 3.63) is 23.8 Å². The Hall–Kier alpha value is -1.22. The minimum Gasteiger partial charge on any atom is -0.497 e. The van der Waals surface area contributed by atoms with Crippen LogP contribution in [0.15, 0.2) is 23.2 Å². The number of halogens is 1. The molecule has 0 atom stereocenters. The Labute approximate surface area is 188 Å². The molecular formula is C21H39IN4O2. The molecule has 6 nitrogen and oxygen atoms in total. The molecule has 0 saturated carbocycles. The van der Waals surface area contributed by atoms with Gasteiger partial charge < -0.3 is 20.1 Å². The highest BCUT2D eigenvalue weighted by Gasteiger charge is 2.12. The van der Waals surface area contributed by atoms with E-state index in [9.17, 15) is 0 Å². The van der Waals surface area contributed by atoms with E-state index in [0.717, 1.165) is 55.5 Å². The summed E-state index contributed by atoms with van der Waals surface area (Å²) in [6, 6.07) is 7.01. The molecule has 0 aliphatic carbocycles. The topological polar surface area (TPSA) is 58.1 Å². The predicted octanol–water partition coefficient (Wildman–Crippen LogP) is 3.54. The maximum absolute atomic E-state index is 5.44. The van der Waals surface area contributed by atoms with Crippen molar-refractivity contribution in [2.75, 3.05) is 40.9 Å². The first-order valence-corrected chi connectivity index (χ1v) is 9.84. The molecule has 7 heteroatoms. The first kappa shape index (κ1) is 26.8. The van der Waals surface area contributed by atoms with Crippen molar-refractivity contribution in [1.82, 2.24) is 15.5 Å². The van der Waals surface area contributed by atoms with Crippen LogP contribution in [0, 0.1) is 0 Å². The SMILES string of the molecule is CN=C(NCCCN(C(C)C)C(C)C)NCCc1cc(OC)ccc1OC.I. The van der Waals surface area contributed by atoms with Crippen molar-refractivity contribution in [2.45, 2.75) is 52.6 Å². The van der Waals surface area contributed by atoms with Gasteiger partial charge in [-0.3, -0.25) is 9.89 Å². The second-order valence-corrected chi connectivity index (χ2v) is 7.13. The standard InChI is InChI=1S/C21H38N4O2.HI/c1-16(2)25(17(3)4)14-8-12-23-21(22-5)24-13-11-18-15-19(26-6)9-10-20(18)27-7;/h9-10,15-17H,8,11-14H2,1-7H3,(H2,22,23,24);1H. The number of rotatable bonds is 11. The Morgan fingerprint density at radius 3 is 2.21 bits per heavy atom. The second kappa shape index (κ2) is 14.7. The minimum atomic E-state index is 0. The molecule has 0 aliphatic heterocycles. The van der Waals surface area contributed by atoms with Crippen molar-refractivity contribution in [3.8, 4) is 11.5 Å². The molecule has 0 heterocycles. The molecule has 0 aromatic heterocycles. The zero-order valence-corrected chi connectivity index (χ0v) is 20.9. The van der Waals surface area contributed by atoms with E-state index in [4.69, 9.17) is 9.47 Å². The number of nitrogens with one attached hydrogen (secondary N) is 2. The third-order valence-electron chi connectivity index (χ3n) is 4.61. The van der Waals surface area contributed by atoms with Crippen LogP contribution in [0.1, 0.15) is 39.7 Å². The zero-order valence-electron chi connectivity index (χ0n) is 18.5. The highest BCUT2D eigenvalue weighted by atomic mass is 127. The Morgan fingerprint density at radius 2 is 1.68 bits per heavy atom. The van der Waals surface area contributed by atoms with Gasteiger partial charge in [0.15, 0.2) is 5.96 Å². The highest BCUT2D eigenvalue weighted by Crippen LogP contribution is 2.24. The van der Waals surface area contributed by atoms with Gasteiger partial charge in [-0.2, -0.15) is 0 Å². The lowest BCUT2D eigenvalue weighted by atomic mass is 10.1. The summed E-state index contributed by atoms with van der Waals surface area (Å²) in [4.78, 5) is 6.81. The maximum atomic E-state index is 5.44. The molecule has 1 rings (SSSR count). The molecule has 0 aliphatic rings. The van der Waals surface area contributed by atoms with Gasteiger partial charge in [0.05, 0.1) is 14.2 Å². The van der Waals surface area contributed by atoms with Crippen molar-refractivity contribution in [3.63, 3.8) is 0 Å². The van der Waals surface area contributed by atoms with Gasteiger partial charge in [0.1, 0.15) is 11.5 Å². The van der Waals surface area contributed by atoms with E-state index in [-0.39, 0.29) is 24.0 Å². The largest absolute Gasteiger partial charge is 0.497 e. The summed E-state index contributed by atoms with van der Waals surface area (Å²) >= 11 is 0. The minimum absolute atomic E-state index is 0. The van der Waals surface area contributed by atoms with Gasteiger partial charge in [-0.05, 0) is 64.3 Å². The number of hydrogen-bond acceptors (Lipinski definition) is 4. The van der Waals surface area contributed by atoms with E-state index in [1.165, 1.54) is 0 Å². The van der Waals surface area contributed by atoms with Crippen molar-refractivity contribution < 1.29 is 9.47 Å². The van der Waals surface area contributed by atoms with Crippen LogP contribution in [0.5, 0.6) is 11.5 Å².